The number of hydrogen-bond donors (Lipinski definition) is 1. The molecule has 4 aliphatic carbocycles. The third kappa shape index (κ3) is 3.83. The summed E-state index contributed by atoms with van der Waals surface area (Å²) in [6.07, 6.45) is 8.06. The van der Waals surface area contributed by atoms with E-state index in [1.54, 1.807) is 0 Å². The molecule has 158 valence electrons. The van der Waals surface area contributed by atoms with Gasteiger partial charge in [0.25, 0.3) is 0 Å². The first-order valence-corrected chi connectivity index (χ1v) is 11.2. The van der Waals surface area contributed by atoms with Crippen LogP contribution >= 0.6 is 0 Å². The molecule has 1 aromatic rings. The van der Waals surface area contributed by atoms with Crippen LogP contribution in [0.4, 0.5) is 4.39 Å². The van der Waals surface area contributed by atoms with E-state index in [1.807, 2.05) is 19.1 Å². The number of amides is 1. The van der Waals surface area contributed by atoms with E-state index >= 15 is 0 Å². The van der Waals surface area contributed by atoms with Gasteiger partial charge in [-0.05, 0) is 99.3 Å². The minimum atomic E-state index is -0.189. The fraction of sp³-hybridized carbons (Fsp3) is 0.640. The molecule has 0 radical (unpaired) electrons. The molecule has 1 amide bonds. The van der Waals surface area contributed by atoms with Crippen molar-refractivity contribution < 1.29 is 13.9 Å². The Balaban J connectivity index is 1.54. The number of carbonyl (C=O) groups is 1. The van der Waals surface area contributed by atoms with Crippen LogP contribution in [-0.4, -0.2) is 18.6 Å². The summed E-state index contributed by atoms with van der Waals surface area (Å²) in [6.45, 7) is 6.32. The molecule has 4 heteroatoms. The van der Waals surface area contributed by atoms with E-state index in [4.69, 9.17) is 4.74 Å². The molecule has 5 rings (SSSR count). The highest BCUT2D eigenvalue weighted by atomic mass is 19.1. The van der Waals surface area contributed by atoms with Gasteiger partial charge >= 0.3 is 0 Å². The topological polar surface area (TPSA) is 38.3 Å². The largest absolute Gasteiger partial charge is 0.489 e. The molecule has 3 nitrogen and oxygen atoms in total. The molecular formula is C25H34FNO2. The van der Waals surface area contributed by atoms with E-state index in [0.29, 0.717) is 36.8 Å². The normalized spacial score (nSPS) is 33.2. The lowest BCUT2D eigenvalue weighted by Crippen LogP contribution is -2.59. The Morgan fingerprint density at radius 1 is 1.21 bits per heavy atom. The first-order valence-electron chi connectivity index (χ1n) is 11.2. The average molecular weight is 400 g/mol. The van der Waals surface area contributed by atoms with E-state index in [-0.39, 0.29) is 22.8 Å². The lowest BCUT2D eigenvalue weighted by molar-refractivity contribution is -0.149. The fourth-order valence-corrected chi connectivity index (χ4v) is 6.57. The van der Waals surface area contributed by atoms with Crippen molar-refractivity contribution in [3.05, 3.63) is 41.7 Å². The Hall–Kier alpha value is -1.84. The van der Waals surface area contributed by atoms with Crippen LogP contribution in [-0.2, 0) is 10.2 Å². The fourth-order valence-electron chi connectivity index (χ4n) is 6.57. The van der Waals surface area contributed by atoms with Crippen LogP contribution in [0.5, 0.6) is 5.75 Å². The zero-order chi connectivity index (χ0) is 20.6. The summed E-state index contributed by atoms with van der Waals surface area (Å²) in [6, 6.07) is 8.58. The number of ether oxygens (including phenoxy) is 1. The van der Waals surface area contributed by atoms with Gasteiger partial charge in [0.1, 0.15) is 12.4 Å². The van der Waals surface area contributed by atoms with Crippen molar-refractivity contribution >= 4 is 5.91 Å². The minimum absolute atomic E-state index is 0.115. The van der Waals surface area contributed by atoms with Crippen molar-refractivity contribution in [3.63, 3.8) is 0 Å². The van der Waals surface area contributed by atoms with Gasteiger partial charge in [-0.1, -0.05) is 19.1 Å². The molecule has 0 aromatic heterocycles. The van der Waals surface area contributed by atoms with Gasteiger partial charge in [0.05, 0.1) is 11.7 Å². The Bertz CT molecular complexity index is 769. The van der Waals surface area contributed by atoms with Gasteiger partial charge in [-0.3, -0.25) is 4.79 Å². The van der Waals surface area contributed by atoms with Crippen molar-refractivity contribution in [3.8, 4) is 5.75 Å². The van der Waals surface area contributed by atoms with Crippen LogP contribution in [0.1, 0.15) is 71.3 Å². The minimum Gasteiger partial charge on any atom is -0.489 e. The summed E-state index contributed by atoms with van der Waals surface area (Å²) < 4.78 is 18.5. The van der Waals surface area contributed by atoms with Crippen LogP contribution in [0.2, 0.25) is 0 Å². The lowest BCUT2D eigenvalue weighted by Gasteiger charge is -2.61. The number of rotatable bonds is 7. The van der Waals surface area contributed by atoms with Gasteiger partial charge in [-0.15, -0.1) is 0 Å². The van der Waals surface area contributed by atoms with Gasteiger partial charge in [-0.2, -0.15) is 0 Å². The standard InChI is InChI=1S/C25H34FNO2/c1-4-18(14-26)15-29-22-7-5-21(6-8-22)24-10-19-9-20(11-24)13-25(12-19,16-24)23(28)27-17(2)3/h5-8,14,17,19-20H,4,9-13,15-16H2,1-3H3,(H,27,28)/b18-14+. The summed E-state index contributed by atoms with van der Waals surface area (Å²) in [7, 11) is 0. The molecule has 0 saturated heterocycles. The van der Waals surface area contributed by atoms with Crippen molar-refractivity contribution in [1.29, 1.82) is 0 Å². The quantitative estimate of drug-likeness (QED) is 0.639. The molecule has 0 spiro atoms. The number of carbonyl (C=O) groups excluding carboxylic acids is 1. The van der Waals surface area contributed by atoms with Gasteiger partial charge in [0.2, 0.25) is 5.91 Å². The molecular weight excluding hydrogens is 365 g/mol. The van der Waals surface area contributed by atoms with E-state index < -0.39 is 0 Å². The molecule has 1 aromatic carbocycles. The molecule has 4 fully saturated rings. The van der Waals surface area contributed by atoms with E-state index in [0.717, 1.165) is 25.0 Å². The third-order valence-corrected chi connectivity index (χ3v) is 7.46. The highest BCUT2D eigenvalue weighted by Crippen LogP contribution is 2.65. The predicted octanol–water partition coefficient (Wildman–Crippen LogP) is 5.69. The van der Waals surface area contributed by atoms with Crippen LogP contribution in [0.15, 0.2) is 36.2 Å². The first-order chi connectivity index (χ1) is 13.9. The second-order valence-corrected chi connectivity index (χ2v) is 10.1. The van der Waals surface area contributed by atoms with E-state index in [1.165, 1.54) is 24.8 Å². The van der Waals surface area contributed by atoms with Gasteiger partial charge in [0.15, 0.2) is 0 Å². The monoisotopic (exact) mass is 399 g/mol. The van der Waals surface area contributed by atoms with Crippen molar-refractivity contribution in [2.45, 2.75) is 77.2 Å². The smallest absolute Gasteiger partial charge is 0.226 e. The van der Waals surface area contributed by atoms with E-state index in [9.17, 15) is 9.18 Å². The molecule has 2 unspecified atom stereocenters. The second kappa shape index (κ2) is 7.77. The molecule has 2 atom stereocenters. The maximum absolute atomic E-state index is 13.2. The number of nitrogens with one attached hydrogen (secondary N) is 1. The molecule has 0 aliphatic heterocycles. The Morgan fingerprint density at radius 2 is 1.86 bits per heavy atom. The Morgan fingerprint density at radius 3 is 2.41 bits per heavy atom. The van der Waals surface area contributed by atoms with Gasteiger partial charge < -0.3 is 10.1 Å². The number of hydrogen-bond acceptors (Lipinski definition) is 2. The van der Waals surface area contributed by atoms with Crippen molar-refractivity contribution in [2.24, 2.45) is 17.3 Å². The van der Waals surface area contributed by atoms with Crippen molar-refractivity contribution in [2.75, 3.05) is 6.61 Å². The van der Waals surface area contributed by atoms with Gasteiger partial charge in [-0.25, -0.2) is 4.39 Å². The summed E-state index contributed by atoms with van der Waals surface area (Å²) >= 11 is 0. The number of benzene rings is 1. The summed E-state index contributed by atoms with van der Waals surface area (Å²) in [5.74, 6) is 2.37. The molecule has 1 N–H and O–H groups in total. The average Bonchev–Trinajstić information content (AvgIpc) is 2.67. The molecule has 4 saturated carbocycles. The maximum atomic E-state index is 13.2. The molecule has 4 aliphatic rings. The summed E-state index contributed by atoms with van der Waals surface area (Å²) in [5, 5.41) is 3.22. The van der Waals surface area contributed by atoms with Crippen LogP contribution in [0.3, 0.4) is 0 Å². The zero-order valence-electron chi connectivity index (χ0n) is 18.0. The van der Waals surface area contributed by atoms with Crippen molar-refractivity contribution in [1.82, 2.24) is 5.32 Å². The van der Waals surface area contributed by atoms with Crippen LogP contribution < -0.4 is 10.1 Å². The molecule has 29 heavy (non-hydrogen) atoms. The number of halogens is 1. The Kier molecular flexibility index (Phi) is 5.48. The lowest BCUT2D eigenvalue weighted by atomic mass is 9.42. The summed E-state index contributed by atoms with van der Waals surface area (Å²) in [5.41, 5.74) is 1.93. The second-order valence-electron chi connectivity index (χ2n) is 10.1. The highest BCUT2D eigenvalue weighted by Gasteiger charge is 2.60. The van der Waals surface area contributed by atoms with E-state index in [2.05, 4.69) is 31.3 Å². The summed E-state index contributed by atoms with van der Waals surface area (Å²) in [4.78, 5) is 13.2. The Labute approximate surface area is 174 Å². The first kappa shape index (κ1) is 20.4. The zero-order valence-corrected chi connectivity index (χ0v) is 18.0. The third-order valence-electron chi connectivity index (χ3n) is 7.46. The molecule has 0 heterocycles. The SMILES string of the molecule is CC/C(=C\F)COc1ccc(C23CC4CC(CC(C(=O)NC(C)C)(C4)C2)C3)cc1. The van der Waals surface area contributed by atoms with Crippen LogP contribution in [0.25, 0.3) is 0 Å². The predicted molar refractivity (Wildman–Crippen MR) is 113 cm³/mol. The van der Waals surface area contributed by atoms with Crippen LogP contribution in [0, 0.1) is 17.3 Å². The maximum Gasteiger partial charge on any atom is 0.226 e. The highest BCUT2D eigenvalue weighted by molar-refractivity contribution is 5.83. The molecule has 4 bridgehead atoms. The van der Waals surface area contributed by atoms with Gasteiger partial charge in [0, 0.05) is 6.04 Å².